The number of hydrogen-bond acceptors (Lipinski definition) is 2. The maximum Gasteiger partial charge on any atom is 0.137 e. The molecule has 4 heteroatoms. The van der Waals surface area contributed by atoms with Crippen LogP contribution in [0.25, 0.3) is 0 Å². The molecule has 0 aliphatic rings. The summed E-state index contributed by atoms with van der Waals surface area (Å²) in [4.78, 5) is 10.8. The molecule has 0 heterocycles. The van der Waals surface area contributed by atoms with Crippen molar-refractivity contribution in [2.45, 2.75) is 26.4 Å². The van der Waals surface area contributed by atoms with Gasteiger partial charge in [0.15, 0.2) is 0 Å². The number of carbonyl (C=O) groups excluding carboxylic acids is 1. The Morgan fingerprint density at radius 3 is 2.80 bits per heavy atom. The number of halogens is 2. The lowest BCUT2D eigenvalue weighted by molar-refractivity contribution is -0.118. The molecule has 0 radical (unpaired) electrons. The fraction of sp³-hybridized carbons (Fsp3) is 0.364. The Labute approximate surface area is 96.6 Å². The van der Waals surface area contributed by atoms with Crippen LogP contribution in [0.15, 0.2) is 22.7 Å². The van der Waals surface area contributed by atoms with E-state index in [0.717, 1.165) is 0 Å². The van der Waals surface area contributed by atoms with E-state index in [9.17, 15) is 9.18 Å². The Morgan fingerprint density at radius 2 is 2.27 bits per heavy atom. The van der Waals surface area contributed by atoms with Gasteiger partial charge in [0.25, 0.3) is 0 Å². The van der Waals surface area contributed by atoms with Crippen molar-refractivity contribution in [3.8, 4) is 5.75 Å². The summed E-state index contributed by atoms with van der Waals surface area (Å²) >= 11 is 3.06. The lowest BCUT2D eigenvalue weighted by Gasteiger charge is -2.13. The first kappa shape index (κ1) is 12.2. The third-order valence-corrected chi connectivity index (χ3v) is 2.41. The van der Waals surface area contributed by atoms with Crippen LogP contribution in [0, 0.1) is 5.82 Å². The average molecular weight is 275 g/mol. The second kappa shape index (κ2) is 5.26. The third-order valence-electron chi connectivity index (χ3n) is 1.80. The first-order valence-electron chi connectivity index (χ1n) is 4.60. The highest BCUT2D eigenvalue weighted by Crippen LogP contribution is 2.22. The summed E-state index contributed by atoms with van der Waals surface area (Å²) in [6.45, 7) is 3.32. The minimum atomic E-state index is -0.332. The van der Waals surface area contributed by atoms with Crippen LogP contribution in [0.2, 0.25) is 0 Å². The van der Waals surface area contributed by atoms with E-state index < -0.39 is 0 Å². The molecule has 1 unspecified atom stereocenters. The van der Waals surface area contributed by atoms with Crippen LogP contribution in [0.5, 0.6) is 5.75 Å². The fourth-order valence-corrected chi connectivity index (χ4v) is 1.59. The van der Waals surface area contributed by atoms with Crippen molar-refractivity contribution in [1.29, 1.82) is 0 Å². The number of hydrogen-bond donors (Lipinski definition) is 0. The molecule has 15 heavy (non-hydrogen) atoms. The quantitative estimate of drug-likeness (QED) is 0.842. The number of rotatable bonds is 4. The van der Waals surface area contributed by atoms with Crippen molar-refractivity contribution in [3.63, 3.8) is 0 Å². The molecule has 0 saturated carbocycles. The predicted octanol–water partition coefficient (Wildman–Crippen LogP) is 3.33. The van der Waals surface area contributed by atoms with Crippen molar-refractivity contribution >= 4 is 21.7 Å². The number of Topliss-reactive ketones (excluding diaryl/α,β-unsaturated/α-hetero) is 1. The summed E-state index contributed by atoms with van der Waals surface area (Å²) in [7, 11) is 0. The van der Waals surface area contributed by atoms with E-state index in [1.165, 1.54) is 19.1 Å². The number of carbonyl (C=O) groups is 1. The Balaban J connectivity index is 2.64. The van der Waals surface area contributed by atoms with Crippen molar-refractivity contribution in [2.24, 2.45) is 0 Å². The van der Waals surface area contributed by atoms with Crippen LogP contribution < -0.4 is 4.74 Å². The molecule has 0 spiro atoms. The van der Waals surface area contributed by atoms with Crippen molar-refractivity contribution in [2.75, 3.05) is 0 Å². The summed E-state index contributed by atoms with van der Waals surface area (Å²) in [6.07, 6.45) is 0.162. The molecule has 1 rings (SSSR count). The second-order valence-corrected chi connectivity index (χ2v) is 4.26. The highest BCUT2D eigenvalue weighted by molar-refractivity contribution is 9.10. The van der Waals surface area contributed by atoms with Gasteiger partial charge in [0.05, 0.1) is 4.47 Å². The van der Waals surface area contributed by atoms with E-state index in [-0.39, 0.29) is 17.7 Å². The van der Waals surface area contributed by atoms with Crippen LogP contribution in [0.1, 0.15) is 20.3 Å². The van der Waals surface area contributed by atoms with Gasteiger partial charge in [-0.2, -0.15) is 0 Å². The Kier molecular flexibility index (Phi) is 4.27. The van der Waals surface area contributed by atoms with E-state index in [1.807, 2.05) is 0 Å². The summed E-state index contributed by atoms with van der Waals surface area (Å²) < 4.78 is 18.7. The van der Waals surface area contributed by atoms with Crippen molar-refractivity contribution in [1.82, 2.24) is 0 Å². The van der Waals surface area contributed by atoms with E-state index >= 15 is 0 Å². The molecular weight excluding hydrogens is 263 g/mol. The Bertz CT molecular complexity index is 366. The maximum atomic E-state index is 12.9. The number of benzene rings is 1. The molecule has 1 atom stereocenters. The zero-order valence-electron chi connectivity index (χ0n) is 8.59. The van der Waals surface area contributed by atoms with Gasteiger partial charge in [0, 0.05) is 6.42 Å². The van der Waals surface area contributed by atoms with Gasteiger partial charge in [-0.3, -0.25) is 4.79 Å². The molecule has 0 aliphatic heterocycles. The van der Waals surface area contributed by atoms with Gasteiger partial charge in [-0.15, -0.1) is 0 Å². The average Bonchev–Trinajstić information content (AvgIpc) is 2.10. The number of ether oxygens (including phenoxy) is 1. The summed E-state index contributed by atoms with van der Waals surface area (Å²) in [5, 5.41) is 0. The number of ketones is 1. The fourth-order valence-electron chi connectivity index (χ4n) is 1.23. The summed E-state index contributed by atoms with van der Waals surface area (Å²) in [5.41, 5.74) is 0. The largest absolute Gasteiger partial charge is 0.490 e. The van der Waals surface area contributed by atoms with Crippen molar-refractivity contribution < 1.29 is 13.9 Å². The third kappa shape index (κ3) is 4.00. The van der Waals surface area contributed by atoms with Crippen LogP contribution in [-0.4, -0.2) is 11.9 Å². The molecular formula is C11H12BrFO2. The highest BCUT2D eigenvalue weighted by atomic mass is 79.9. The lowest BCUT2D eigenvalue weighted by Crippen LogP contribution is -2.15. The predicted molar refractivity (Wildman–Crippen MR) is 59.5 cm³/mol. The first-order chi connectivity index (χ1) is 6.99. The monoisotopic (exact) mass is 274 g/mol. The van der Waals surface area contributed by atoms with E-state index in [0.29, 0.717) is 16.6 Å². The minimum absolute atomic E-state index is 0.0728. The smallest absolute Gasteiger partial charge is 0.137 e. The molecule has 0 bridgehead atoms. The van der Waals surface area contributed by atoms with Gasteiger partial charge in [0.1, 0.15) is 23.5 Å². The van der Waals surface area contributed by atoms with E-state index in [4.69, 9.17) is 4.74 Å². The molecule has 0 amide bonds. The molecule has 0 N–H and O–H groups in total. The summed E-state index contributed by atoms with van der Waals surface area (Å²) in [5.74, 6) is 0.294. The van der Waals surface area contributed by atoms with Crippen LogP contribution in [0.3, 0.4) is 0 Å². The Morgan fingerprint density at radius 1 is 1.60 bits per heavy atom. The van der Waals surface area contributed by atoms with E-state index in [1.54, 1.807) is 13.0 Å². The molecule has 82 valence electrons. The topological polar surface area (TPSA) is 26.3 Å². The Hall–Kier alpha value is -0.900. The van der Waals surface area contributed by atoms with Crippen molar-refractivity contribution in [3.05, 3.63) is 28.5 Å². The molecule has 0 aromatic heterocycles. The van der Waals surface area contributed by atoms with Gasteiger partial charge in [0.2, 0.25) is 0 Å². The minimum Gasteiger partial charge on any atom is -0.490 e. The molecule has 1 aromatic carbocycles. The van der Waals surface area contributed by atoms with Gasteiger partial charge >= 0.3 is 0 Å². The molecule has 1 aromatic rings. The zero-order chi connectivity index (χ0) is 11.4. The molecule has 2 nitrogen and oxygen atoms in total. The van der Waals surface area contributed by atoms with Gasteiger partial charge in [-0.1, -0.05) is 0 Å². The second-order valence-electron chi connectivity index (χ2n) is 3.41. The van der Waals surface area contributed by atoms with Gasteiger partial charge in [-0.25, -0.2) is 4.39 Å². The van der Waals surface area contributed by atoms with Crippen LogP contribution >= 0.6 is 15.9 Å². The SMILES string of the molecule is CC(=O)CC(C)Oc1ccc(F)c(Br)c1. The zero-order valence-corrected chi connectivity index (χ0v) is 10.2. The normalized spacial score (nSPS) is 12.3. The highest BCUT2D eigenvalue weighted by Gasteiger charge is 2.08. The van der Waals surface area contributed by atoms with Crippen LogP contribution in [-0.2, 0) is 4.79 Å². The molecule has 0 aliphatic carbocycles. The van der Waals surface area contributed by atoms with Gasteiger partial charge in [-0.05, 0) is 48.0 Å². The standard InChI is InChI=1S/C11H12BrFO2/c1-7(14)5-8(2)15-9-3-4-11(13)10(12)6-9/h3-4,6,8H,5H2,1-2H3. The molecule has 0 saturated heterocycles. The summed E-state index contributed by atoms with van der Waals surface area (Å²) in [6, 6.07) is 4.41. The maximum absolute atomic E-state index is 12.9. The van der Waals surface area contributed by atoms with E-state index in [2.05, 4.69) is 15.9 Å². The van der Waals surface area contributed by atoms with Gasteiger partial charge < -0.3 is 4.74 Å². The lowest BCUT2D eigenvalue weighted by atomic mass is 10.2. The molecule has 0 fully saturated rings. The first-order valence-corrected chi connectivity index (χ1v) is 5.39. The van der Waals surface area contributed by atoms with Crippen LogP contribution in [0.4, 0.5) is 4.39 Å².